The fourth-order valence-corrected chi connectivity index (χ4v) is 2.26. The zero-order chi connectivity index (χ0) is 13.2. The van der Waals surface area contributed by atoms with Crippen molar-refractivity contribution in [2.75, 3.05) is 26.3 Å². The number of rotatable bonds is 2. The van der Waals surface area contributed by atoms with E-state index in [1.165, 1.54) is 0 Å². The smallest absolute Gasteiger partial charge is 0.410 e. The summed E-state index contributed by atoms with van der Waals surface area (Å²) in [6.07, 6.45) is 1.94. The Morgan fingerprint density at radius 2 is 1.83 bits per heavy atom. The summed E-state index contributed by atoms with van der Waals surface area (Å²) in [5.74, 6) is 0. The minimum atomic E-state index is -0.406. The number of ether oxygens (including phenoxy) is 2. The highest BCUT2D eigenvalue weighted by atomic mass is 16.6. The maximum absolute atomic E-state index is 11.7. The standard InChI is InChI=1S/C13H24N2O3/c1-13(2,3)18-12(16)15-8-11(9-15)14-10-4-6-17-7-5-10/h10-11,14H,4-9H2,1-3H3. The van der Waals surface area contributed by atoms with Crippen molar-refractivity contribution >= 4 is 6.09 Å². The van der Waals surface area contributed by atoms with Crippen molar-refractivity contribution in [3.63, 3.8) is 0 Å². The Bertz CT molecular complexity index is 289. The fourth-order valence-electron chi connectivity index (χ4n) is 2.26. The Morgan fingerprint density at radius 3 is 2.39 bits per heavy atom. The van der Waals surface area contributed by atoms with Crippen molar-refractivity contribution in [2.24, 2.45) is 0 Å². The van der Waals surface area contributed by atoms with Crippen LogP contribution in [0.3, 0.4) is 0 Å². The molecule has 0 aromatic rings. The van der Waals surface area contributed by atoms with Gasteiger partial charge >= 0.3 is 6.09 Å². The summed E-state index contributed by atoms with van der Waals surface area (Å²) in [6.45, 7) is 8.88. The SMILES string of the molecule is CC(C)(C)OC(=O)N1CC(NC2CCOCC2)C1. The van der Waals surface area contributed by atoms with E-state index in [-0.39, 0.29) is 6.09 Å². The van der Waals surface area contributed by atoms with Gasteiger partial charge in [0.2, 0.25) is 0 Å². The molecule has 1 amide bonds. The second kappa shape index (κ2) is 5.45. The van der Waals surface area contributed by atoms with Crippen LogP contribution in [0.4, 0.5) is 4.79 Å². The van der Waals surface area contributed by atoms with E-state index in [0.29, 0.717) is 12.1 Å². The van der Waals surface area contributed by atoms with Gasteiger partial charge in [0.25, 0.3) is 0 Å². The first-order valence-corrected chi connectivity index (χ1v) is 6.76. The van der Waals surface area contributed by atoms with Crippen molar-refractivity contribution in [1.29, 1.82) is 0 Å². The number of hydrogen-bond donors (Lipinski definition) is 1. The number of carbonyl (C=O) groups excluding carboxylic acids is 1. The highest BCUT2D eigenvalue weighted by molar-refractivity contribution is 5.69. The molecule has 0 atom stereocenters. The molecule has 0 bridgehead atoms. The Hall–Kier alpha value is -0.810. The number of nitrogens with one attached hydrogen (secondary N) is 1. The lowest BCUT2D eigenvalue weighted by molar-refractivity contribution is 0.000916. The third-order valence-corrected chi connectivity index (χ3v) is 3.23. The predicted octanol–water partition coefficient (Wildman–Crippen LogP) is 1.37. The third kappa shape index (κ3) is 3.85. The maximum Gasteiger partial charge on any atom is 0.410 e. The van der Waals surface area contributed by atoms with Crippen LogP contribution in [0.1, 0.15) is 33.6 Å². The van der Waals surface area contributed by atoms with E-state index in [9.17, 15) is 4.79 Å². The maximum atomic E-state index is 11.7. The molecule has 2 fully saturated rings. The van der Waals surface area contributed by atoms with Gasteiger partial charge in [-0.15, -0.1) is 0 Å². The van der Waals surface area contributed by atoms with E-state index in [0.717, 1.165) is 39.1 Å². The lowest BCUT2D eigenvalue weighted by Gasteiger charge is -2.42. The summed E-state index contributed by atoms with van der Waals surface area (Å²) in [5.41, 5.74) is -0.406. The molecule has 5 heteroatoms. The van der Waals surface area contributed by atoms with E-state index < -0.39 is 5.60 Å². The molecule has 2 heterocycles. The molecule has 5 nitrogen and oxygen atoms in total. The van der Waals surface area contributed by atoms with Gasteiger partial charge in [0, 0.05) is 38.4 Å². The summed E-state index contributed by atoms with van der Waals surface area (Å²) in [5, 5.41) is 3.57. The van der Waals surface area contributed by atoms with Crippen LogP contribution in [0.15, 0.2) is 0 Å². The van der Waals surface area contributed by atoms with Crippen LogP contribution in [-0.4, -0.2) is 55.0 Å². The largest absolute Gasteiger partial charge is 0.444 e. The molecule has 2 rings (SSSR count). The molecule has 0 aliphatic carbocycles. The quantitative estimate of drug-likeness (QED) is 0.811. The summed E-state index contributed by atoms with van der Waals surface area (Å²) in [7, 11) is 0. The van der Waals surface area contributed by atoms with Gasteiger partial charge in [0.1, 0.15) is 5.60 Å². The zero-order valence-corrected chi connectivity index (χ0v) is 11.6. The molecule has 0 aromatic heterocycles. The average Bonchev–Trinajstić information content (AvgIpc) is 2.21. The minimum absolute atomic E-state index is 0.201. The van der Waals surface area contributed by atoms with Gasteiger partial charge in [-0.05, 0) is 33.6 Å². The van der Waals surface area contributed by atoms with Gasteiger partial charge in [-0.1, -0.05) is 0 Å². The zero-order valence-electron chi connectivity index (χ0n) is 11.6. The van der Waals surface area contributed by atoms with Crippen LogP contribution in [0.2, 0.25) is 0 Å². The molecule has 2 aliphatic heterocycles. The minimum Gasteiger partial charge on any atom is -0.444 e. The summed E-state index contributed by atoms with van der Waals surface area (Å²) >= 11 is 0. The topological polar surface area (TPSA) is 50.8 Å². The summed E-state index contributed by atoms with van der Waals surface area (Å²) in [4.78, 5) is 13.5. The lowest BCUT2D eigenvalue weighted by Crippen LogP contribution is -2.62. The van der Waals surface area contributed by atoms with Gasteiger partial charge < -0.3 is 19.7 Å². The summed E-state index contributed by atoms with van der Waals surface area (Å²) < 4.78 is 10.6. The van der Waals surface area contributed by atoms with Crippen LogP contribution < -0.4 is 5.32 Å². The number of likely N-dealkylation sites (tertiary alicyclic amines) is 1. The number of hydrogen-bond acceptors (Lipinski definition) is 4. The van der Waals surface area contributed by atoms with Crippen LogP contribution in [0.5, 0.6) is 0 Å². The predicted molar refractivity (Wildman–Crippen MR) is 68.6 cm³/mol. The second-order valence-corrected chi connectivity index (χ2v) is 6.14. The van der Waals surface area contributed by atoms with Gasteiger partial charge in [-0.2, -0.15) is 0 Å². The van der Waals surface area contributed by atoms with Crippen molar-refractivity contribution < 1.29 is 14.3 Å². The van der Waals surface area contributed by atoms with Gasteiger partial charge in [0.15, 0.2) is 0 Å². The normalized spacial score (nSPS) is 22.7. The van der Waals surface area contributed by atoms with E-state index in [4.69, 9.17) is 9.47 Å². The Morgan fingerprint density at radius 1 is 1.22 bits per heavy atom. The Kier molecular flexibility index (Phi) is 4.12. The third-order valence-electron chi connectivity index (χ3n) is 3.23. The van der Waals surface area contributed by atoms with Crippen molar-refractivity contribution in [1.82, 2.24) is 10.2 Å². The van der Waals surface area contributed by atoms with E-state index in [2.05, 4.69) is 5.32 Å². The highest BCUT2D eigenvalue weighted by Crippen LogP contribution is 2.17. The lowest BCUT2D eigenvalue weighted by atomic mass is 10.0. The molecule has 2 saturated heterocycles. The van der Waals surface area contributed by atoms with Crippen LogP contribution >= 0.6 is 0 Å². The molecule has 0 radical (unpaired) electrons. The average molecular weight is 256 g/mol. The molecule has 0 unspecified atom stereocenters. The first kappa shape index (κ1) is 13.6. The number of nitrogens with zero attached hydrogens (tertiary/aromatic N) is 1. The van der Waals surface area contributed by atoms with Crippen LogP contribution in [0.25, 0.3) is 0 Å². The summed E-state index contributed by atoms with van der Waals surface area (Å²) in [6, 6.07) is 0.963. The van der Waals surface area contributed by atoms with E-state index >= 15 is 0 Å². The van der Waals surface area contributed by atoms with E-state index in [1.54, 1.807) is 4.90 Å². The first-order chi connectivity index (χ1) is 8.44. The first-order valence-electron chi connectivity index (χ1n) is 6.76. The van der Waals surface area contributed by atoms with Crippen LogP contribution in [-0.2, 0) is 9.47 Å². The Balaban J connectivity index is 1.65. The molecular weight excluding hydrogens is 232 g/mol. The number of carbonyl (C=O) groups is 1. The molecule has 2 aliphatic rings. The number of amides is 1. The second-order valence-electron chi connectivity index (χ2n) is 6.14. The van der Waals surface area contributed by atoms with Gasteiger partial charge in [0.05, 0.1) is 0 Å². The molecule has 104 valence electrons. The molecule has 0 aromatic carbocycles. The molecule has 0 saturated carbocycles. The van der Waals surface area contributed by atoms with Crippen LogP contribution in [0, 0.1) is 0 Å². The molecular formula is C13H24N2O3. The molecule has 0 spiro atoms. The highest BCUT2D eigenvalue weighted by Gasteiger charge is 2.34. The van der Waals surface area contributed by atoms with Gasteiger partial charge in [-0.3, -0.25) is 0 Å². The fraction of sp³-hybridized carbons (Fsp3) is 0.923. The van der Waals surface area contributed by atoms with E-state index in [1.807, 2.05) is 20.8 Å². The van der Waals surface area contributed by atoms with Gasteiger partial charge in [-0.25, -0.2) is 4.79 Å². The monoisotopic (exact) mass is 256 g/mol. The van der Waals surface area contributed by atoms with Crippen molar-refractivity contribution in [2.45, 2.75) is 51.3 Å². The Labute approximate surface area is 109 Å². The van der Waals surface area contributed by atoms with Crippen molar-refractivity contribution in [3.05, 3.63) is 0 Å². The molecule has 1 N–H and O–H groups in total. The molecule has 18 heavy (non-hydrogen) atoms. The van der Waals surface area contributed by atoms with Crippen molar-refractivity contribution in [3.8, 4) is 0 Å².